The number of primary amides is 1. The summed E-state index contributed by atoms with van der Waals surface area (Å²) in [5.74, 6) is -1.93. The Labute approximate surface area is 94.7 Å². The predicted octanol–water partition coefficient (Wildman–Crippen LogP) is 2.73. The van der Waals surface area contributed by atoms with Crippen molar-refractivity contribution in [2.75, 3.05) is 0 Å². The highest BCUT2D eigenvalue weighted by Gasteiger charge is 2.33. The summed E-state index contributed by atoms with van der Waals surface area (Å²) < 4.78 is 49.9. The van der Waals surface area contributed by atoms with Crippen molar-refractivity contribution in [3.8, 4) is 0 Å². The number of rotatable bonds is 3. The number of nitrogens with two attached hydrogens (primary N) is 1. The summed E-state index contributed by atoms with van der Waals surface area (Å²) in [6.45, 7) is 0. The van der Waals surface area contributed by atoms with E-state index in [4.69, 9.17) is 5.73 Å². The molecule has 1 aromatic carbocycles. The maximum atomic E-state index is 12.9. The molecule has 0 aliphatic carbocycles. The highest BCUT2D eigenvalue weighted by atomic mass is 19.4. The molecule has 0 spiro atoms. The molecule has 0 bridgehead atoms. The minimum absolute atomic E-state index is 0.0846. The third kappa shape index (κ3) is 3.90. The largest absolute Gasteiger partial charge is 0.419 e. The van der Waals surface area contributed by atoms with Gasteiger partial charge in [-0.3, -0.25) is 4.79 Å². The lowest BCUT2D eigenvalue weighted by atomic mass is 10.1. The van der Waals surface area contributed by atoms with E-state index in [0.29, 0.717) is 6.07 Å². The van der Waals surface area contributed by atoms with Crippen LogP contribution < -0.4 is 5.73 Å². The maximum absolute atomic E-state index is 12.9. The summed E-state index contributed by atoms with van der Waals surface area (Å²) in [7, 11) is 0. The molecule has 0 aliphatic heterocycles. The molecule has 1 amide bonds. The summed E-state index contributed by atoms with van der Waals surface area (Å²) in [5.41, 5.74) is 3.67. The van der Waals surface area contributed by atoms with Crippen LogP contribution in [0.3, 0.4) is 0 Å². The zero-order valence-corrected chi connectivity index (χ0v) is 8.59. The molecule has 92 valence electrons. The summed E-state index contributed by atoms with van der Waals surface area (Å²) in [6.07, 6.45) is -2.23. The van der Waals surface area contributed by atoms with Crippen molar-refractivity contribution in [1.29, 1.82) is 0 Å². The fourth-order valence-corrected chi connectivity index (χ4v) is 1.17. The highest BCUT2D eigenvalue weighted by molar-refractivity contribution is 5.76. The molecule has 0 saturated carbocycles. The standard InChI is InChI=1S/C11H9F4NO/c12-9-5-4-7(2-1-3-10(16)17)6-8(9)11(13,14)15/h1-2,4-6H,3H2,(H2,16,17). The van der Waals surface area contributed by atoms with Gasteiger partial charge < -0.3 is 5.73 Å². The molecule has 2 nitrogen and oxygen atoms in total. The molecule has 6 heteroatoms. The minimum atomic E-state index is -4.74. The van der Waals surface area contributed by atoms with Gasteiger partial charge in [0.25, 0.3) is 0 Å². The Hall–Kier alpha value is -1.85. The second-order valence-corrected chi connectivity index (χ2v) is 3.31. The van der Waals surface area contributed by atoms with Crippen LogP contribution in [0, 0.1) is 5.82 Å². The fraction of sp³-hybridized carbons (Fsp3) is 0.182. The molecular formula is C11H9F4NO. The Balaban J connectivity index is 2.97. The second kappa shape index (κ2) is 4.99. The van der Waals surface area contributed by atoms with E-state index in [1.165, 1.54) is 18.2 Å². The molecule has 0 saturated heterocycles. The molecule has 2 N–H and O–H groups in total. The van der Waals surface area contributed by atoms with Crippen LogP contribution in [0.2, 0.25) is 0 Å². The van der Waals surface area contributed by atoms with E-state index in [9.17, 15) is 22.4 Å². The van der Waals surface area contributed by atoms with Crippen molar-refractivity contribution in [3.05, 3.63) is 41.2 Å². The second-order valence-electron chi connectivity index (χ2n) is 3.31. The number of carbonyl (C=O) groups excluding carboxylic acids is 1. The van der Waals surface area contributed by atoms with Crippen LogP contribution in [0.15, 0.2) is 24.3 Å². The van der Waals surface area contributed by atoms with Crippen LogP contribution >= 0.6 is 0 Å². The molecule has 0 radical (unpaired) electrons. The zero-order chi connectivity index (χ0) is 13.1. The first-order valence-corrected chi connectivity index (χ1v) is 4.62. The van der Waals surface area contributed by atoms with Crippen LogP contribution in [-0.2, 0) is 11.0 Å². The normalized spacial score (nSPS) is 12.0. The first-order valence-electron chi connectivity index (χ1n) is 4.62. The van der Waals surface area contributed by atoms with Crippen LogP contribution in [0.5, 0.6) is 0 Å². The molecule has 0 fully saturated rings. The van der Waals surface area contributed by atoms with E-state index in [1.807, 2.05) is 0 Å². The average molecular weight is 247 g/mol. The molecular weight excluding hydrogens is 238 g/mol. The molecule has 1 rings (SSSR count). The third-order valence-electron chi connectivity index (χ3n) is 1.93. The number of benzene rings is 1. The molecule has 0 aromatic heterocycles. The van der Waals surface area contributed by atoms with Gasteiger partial charge in [-0.1, -0.05) is 18.2 Å². The minimum Gasteiger partial charge on any atom is -0.369 e. The Kier molecular flexibility index (Phi) is 3.88. The van der Waals surface area contributed by atoms with Gasteiger partial charge in [-0.15, -0.1) is 0 Å². The lowest BCUT2D eigenvalue weighted by molar-refractivity contribution is -0.140. The van der Waals surface area contributed by atoms with Crippen molar-refractivity contribution in [2.45, 2.75) is 12.6 Å². The van der Waals surface area contributed by atoms with Gasteiger partial charge in [0.1, 0.15) is 5.82 Å². The third-order valence-corrected chi connectivity index (χ3v) is 1.93. The topological polar surface area (TPSA) is 43.1 Å². The Morgan fingerprint density at radius 3 is 2.53 bits per heavy atom. The predicted molar refractivity (Wildman–Crippen MR) is 54.2 cm³/mol. The lowest BCUT2D eigenvalue weighted by Gasteiger charge is -2.08. The van der Waals surface area contributed by atoms with Gasteiger partial charge in [0.05, 0.1) is 5.56 Å². The number of hydrogen-bond donors (Lipinski definition) is 1. The smallest absolute Gasteiger partial charge is 0.369 e. The molecule has 0 heterocycles. The fourth-order valence-electron chi connectivity index (χ4n) is 1.17. The number of halogens is 4. The van der Waals surface area contributed by atoms with Gasteiger partial charge in [-0.25, -0.2) is 4.39 Å². The van der Waals surface area contributed by atoms with Gasteiger partial charge in [-0.05, 0) is 17.7 Å². The molecule has 0 atom stereocenters. The van der Waals surface area contributed by atoms with Crippen molar-refractivity contribution in [2.24, 2.45) is 5.73 Å². The molecule has 0 aliphatic rings. The van der Waals surface area contributed by atoms with Crippen molar-refractivity contribution in [1.82, 2.24) is 0 Å². The number of amides is 1. The summed E-state index contributed by atoms with van der Waals surface area (Å²) in [5, 5.41) is 0. The van der Waals surface area contributed by atoms with Gasteiger partial charge in [0, 0.05) is 6.42 Å². The lowest BCUT2D eigenvalue weighted by Crippen LogP contribution is -2.08. The van der Waals surface area contributed by atoms with Gasteiger partial charge in [0.2, 0.25) is 5.91 Å². The zero-order valence-electron chi connectivity index (χ0n) is 8.59. The highest BCUT2D eigenvalue weighted by Crippen LogP contribution is 2.32. The average Bonchev–Trinajstić information content (AvgIpc) is 2.18. The quantitative estimate of drug-likeness (QED) is 0.820. The summed E-state index contributed by atoms with van der Waals surface area (Å²) >= 11 is 0. The van der Waals surface area contributed by atoms with E-state index in [2.05, 4.69) is 0 Å². The monoisotopic (exact) mass is 247 g/mol. The van der Waals surface area contributed by atoms with Crippen molar-refractivity contribution >= 4 is 12.0 Å². The first-order chi connectivity index (χ1) is 7.80. The molecule has 0 unspecified atom stereocenters. The summed E-state index contributed by atoms with van der Waals surface area (Å²) in [6, 6.07) is 2.58. The maximum Gasteiger partial charge on any atom is 0.419 e. The number of hydrogen-bond acceptors (Lipinski definition) is 1. The van der Waals surface area contributed by atoms with Crippen molar-refractivity contribution < 1.29 is 22.4 Å². The number of carbonyl (C=O) groups is 1. The van der Waals surface area contributed by atoms with Crippen LogP contribution in [0.25, 0.3) is 6.08 Å². The van der Waals surface area contributed by atoms with Gasteiger partial charge >= 0.3 is 6.18 Å². The summed E-state index contributed by atoms with van der Waals surface area (Å²) in [4.78, 5) is 10.4. The van der Waals surface area contributed by atoms with Crippen molar-refractivity contribution in [3.63, 3.8) is 0 Å². The van der Waals surface area contributed by atoms with E-state index in [0.717, 1.165) is 6.07 Å². The van der Waals surface area contributed by atoms with Crippen LogP contribution in [0.1, 0.15) is 17.5 Å². The first kappa shape index (κ1) is 13.2. The van der Waals surface area contributed by atoms with E-state index in [1.54, 1.807) is 0 Å². The van der Waals surface area contributed by atoms with Crippen LogP contribution in [0.4, 0.5) is 17.6 Å². The SMILES string of the molecule is NC(=O)CC=Cc1ccc(F)c(C(F)(F)F)c1. The Morgan fingerprint density at radius 2 is 2.00 bits per heavy atom. The Morgan fingerprint density at radius 1 is 1.35 bits per heavy atom. The van der Waals surface area contributed by atoms with E-state index < -0.39 is 23.5 Å². The van der Waals surface area contributed by atoms with Crippen LogP contribution in [-0.4, -0.2) is 5.91 Å². The number of alkyl halides is 3. The molecule has 1 aromatic rings. The van der Waals surface area contributed by atoms with Gasteiger partial charge in [-0.2, -0.15) is 13.2 Å². The van der Waals surface area contributed by atoms with E-state index in [-0.39, 0.29) is 12.0 Å². The Bertz CT molecular complexity index is 451. The van der Waals surface area contributed by atoms with Gasteiger partial charge in [0.15, 0.2) is 0 Å². The molecule has 17 heavy (non-hydrogen) atoms. The van der Waals surface area contributed by atoms with E-state index >= 15 is 0 Å².